The highest BCUT2D eigenvalue weighted by Gasteiger charge is 2.24. The zero-order valence-corrected chi connectivity index (χ0v) is 14.7. The van der Waals surface area contributed by atoms with E-state index < -0.39 is 5.60 Å². The van der Waals surface area contributed by atoms with Crippen LogP contribution in [0.15, 0.2) is 4.99 Å². The Bertz CT molecular complexity index is 311. The summed E-state index contributed by atoms with van der Waals surface area (Å²) in [6, 6.07) is 0. The van der Waals surface area contributed by atoms with E-state index in [0.29, 0.717) is 13.2 Å². The molecule has 0 aromatic heterocycles. The SMILES string of the molecule is CCCC(O)(CCC)CN=C(NCC)NCCOCC1CC1. The lowest BCUT2D eigenvalue weighted by atomic mass is 9.93. The molecule has 1 aliphatic rings. The average Bonchev–Trinajstić information content (AvgIpc) is 3.29. The molecule has 0 amide bonds. The van der Waals surface area contributed by atoms with Crippen molar-refractivity contribution in [3.63, 3.8) is 0 Å². The molecule has 0 radical (unpaired) electrons. The normalized spacial score (nSPS) is 15.9. The number of ether oxygens (including phenoxy) is 1. The molecular weight excluding hydrogens is 278 g/mol. The van der Waals surface area contributed by atoms with Gasteiger partial charge in [-0.1, -0.05) is 26.7 Å². The fourth-order valence-corrected chi connectivity index (χ4v) is 2.56. The molecule has 0 aromatic rings. The predicted octanol–water partition coefficient (Wildman–Crippen LogP) is 2.30. The van der Waals surface area contributed by atoms with E-state index in [1.165, 1.54) is 12.8 Å². The van der Waals surface area contributed by atoms with Crippen molar-refractivity contribution in [3.8, 4) is 0 Å². The second kappa shape index (κ2) is 10.8. The lowest BCUT2D eigenvalue weighted by Crippen LogP contribution is -2.41. The first-order valence-electron chi connectivity index (χ1n) is 8.95. The molecular formula is C17H35N3O2. The van der Waals surface area contributed by atoms with Crippen molar-refractivity contribution >= 4 is 5.96 Å². The number of nitrogens with zero attached hydrogens (tertiary/aromatic N) is 1. The highest BCUT2D eigenvalue weighted by Crippen LogP contribution is 2.28. The molecule has 3 N–H and O–H groups in total. The van der Waals surface area contributed by atoms with E-state index in [1.807, 2.05) is 6.92 Å². The molecule has 0 unspecified atom stereocenters. The molecule has 0 aliphatic heterocycles. The van der Waals surface area contributed by atoms with Crippen molar-refractivity contribution < 1.29 is 9.84 Å². The van der Waals surface area contributed by atoms with E-state index in [4.69, 9.17) is 4.74 Å². The molecule has 1 fully saturated rings. The van der Waals surface area contributed by atoms with Gasteiger partial charge in [0.2, 0.25) is 0 Å². The number of hydrogen-bond acceptors (Lipinski definition) is 3. The maximum Gasteiger partial charge on any atom is 0.191 e. The van der Waals surface area contributed by atoms with Gasteiger partial charge < -0.3 is 20.5 Å². The second-order valence-corrected chi connectivity index (χ2v) is 6.36. The van der Waals surface area contributed by atoms with Crippen molar-refractivity contribution in [2.75, 3.05) is 32.8 Å². The van der Waals surface area contributed by atoms with Gasteiger partial charge in [0.25, 0.3) is 0 Å². The van der Waals surface area contributed by atoms with Crippen molar-refractivity contribution in [2.45, 2.75) is 64.9 Å². The first-order valence-corrected chi connectivity index (χ1v) is 8.95. The van der Waals surface area contributed by atoms with Crippen LogP contribution >= 0.6 is 0 Å². The van der Waals surface area contributed by atoms with Crippen LogP contribution in [-0.2, 0) is 4.74 Å². The molecule has 0 heterocycles. The third-order valence-electron chi connectivity index (χ3n) is 3.90. The number of aliphatic imine (C=N–C) groups is 1. The molecule has 0 atom stereocenters. The van der Waals surface area contributed by atoms with Crippen molar-refractivity contribution in [1.82, 2.24) is 10.6 Å². The standard InChI is InChI=1S/C17H35N3O2/c1-4-9-17(21,10-5-2)14-20-16(18-6-3)19-11-12-22-13-15-7-8-15/h15,21H,4-14H2,1-3H3,(H2,18,19,20). The Balaban J connectivity index is 2.33. The molecule has 0 bridgehead atoms. The third kappa shape index (κ3) is 8.59. The Kier molecular flexibility index (Phi) is 9.48. The molecule has 1 saturated carbocycles. The van der Waals surface area contributed by atoms with Crippen LogP contribution in [0.1, 0.15) is 59.3 Å². The average molecular weight is 313 g/mol. The number of hydrogen-bond donors (Lipinski definition) is 3. The van der Waals surface area contributed by atoms with Gasteiger partial charge in [0, 0.05) is 19.7 Å². The van der Waals surface area contributed by atoms with Crippen molar-refractivity contribution in [1.29, 1.82) is 0 Å². The number of nitrogens with one attached hydrogen (secondary N) is 2. The minimum Gasteiger partial charge on any atom is -0.388 e. The van der Waals surface area contributed by atoms with Gasteiger partial charge in [0.15, 0.2) is 5.96 Å². The quantitative estimate of drug-likeness (QED) is 0.294. The summed E-state index contributed by atoms with van der Waals surface area (Å²) < 4.78 is 5.61. The predicted molar refractivity (Wildman–Crippen MR) is 92.3 cm³/mol. The molecule has 0 aromatic carbocycles. The summed E-state index contributed by atoms with van der Waals surface area (Å²) in [5, 5.41) is 17.1. The molecule has 1 aliphatic carbocycles. The van der Waals surface area contributed by atoms with Crippen LogP contribution in [0.3, 0.4) is 0 Å². The van der Waals surface area contributed by atoms with Gasteiger partial charge in [-0.05, 0) is 38.5 Å². The van der Waals surface area contributed by atoms with Crippen LogP contribution in [0.5, 0.6) is 0 Å². The van der Waals surface area contributed by atoms with Gasteiger partial charge in [-0.2, -0.15) is 0 Å². The summed E-state index contributed by atoms with van der Waals surface area (Å²) in [6.07, 6.45) is 6.20. The van der Waals surface area contributed by atoms with Crippen LogP contribution < -0.4 is 10.6 Å². The summed E-state index contributed by atoms with van der Waals surface area (Å²) >= 11 is 0. The molecule has 0 spiro atoms. The first kappa shape index (κ1) is 19.2. The maximum atomic E-state index is 10.6. The van der Waals surface area contributed by atoms with Gasteiger partial charge in [-0.3, -0.25) is 4.99 Å². The number of aliphatic hydroxyl groups is 1. The van der Waals surface area contributed by atoms with Crippen LogP contribution in [0.2, 0.25) is 0 Å². The van der Waals surface area contributed by atoms with E-state index in [-0.39, 0.29) is 0 Å². The smallest absolute Gasteiger partial charge is 0.191 e. The Morgan fingerprint density at radius 1 is 1.18 bits per heavy atom. The molecule has 22 heavy (non-hydrogen) atoms. The third-order valence-corrected chi connectivity index (χ3v) is 3.90. The molecule has 5 nitrogen and oxygen atoms in total. The fourth-order valence-electron chi connectivity index (χ4n) is 2.56. The van der Waals surface area contributed by atoms with E-state index in [2.05, 4.69) is 29.5 Å². The van der Waals surface area contributed by atoms with E-state index in [0.717, 1.165) is 57.3 Å². The van der Waals surface area contributed by atoms with Crippen LogP contribution in [0.4, 0.5) is 0 Å². The zero-order chi connectivity index (χ0) is 16.3. The van der Waals surface area contributed by atoms with Gasteiger partial charge in [0.1, 0.15) is 0 Å². The highest BCUT2D eigenvalue weighted by atomic mass is 16.5. The summed E-state index contributed by atoms with van der Waals surface area (Å²) in [4.78, 5) is 4.56. The van der Waals surface area contributed by atoms with Gasteiger partial charge in [0.05, 0.1) is 18.8 Å². The molecule has 130 valence electrons. The van der Waals surface area contributed by atoms with Gasteiger partial charge in [-0.15, -0.1) is 0 Å². The summed E-state index contributed by atoms with van der Waals surface area (Å²) in [6.45, 7) is 9.86. The van der Waals surface area contributed by atoms with Crippen molar-refractivity contribution in [3.05, 3.63) is 0 Å². The Morgan fingerprint density at radius 2 is 1.86 bits per heavy atom. The van der Waals surface area contributed by atoms with Crippen LogP contribution in [-0.4, -0.2) is 49.5 Å². The van der Waals surface area contributed by atoms with Gasteiger partial charge in [-0.25, -0.2) is 0 Å². The number of rotatable bonds is 12. The van der Waals surface area contributed by atoms with E-state index in [1.54, 1.807) is 0 Å². The van der Waals surface area contributed by atoms with E-state index >= 15 is 0 Å². The van der Waals surface area contributed by atoms with Crippen LogP contribution in [0, 0.1) is 5.92 Å². The molecule has 0 saturated heterocycles. The monoisotopic (exact) mass is 313 g/mol. The summed E-state index contributed by atoms with van der Waals surface area (Å²) in [5.41, 5.74) is -0.672. The second-order valence-electron chi connectivity index (χ2n) is 6.36. The Morgan fingerprint density at radius 3 is 2.41 bits per heavy atom. The highest BCUT2D eigenvalue weighted by molar-refractivity contribution is 5.79. The Labute approximate surface area is 135 Å². The summed E-state index contributed by atoms with van der Waals surface area (Å²) in [7, 11) is 0. The zero-order valence-electron chi connectivity index (χ0n) is 14.7. The van der Waals surface area contributed by atoms with Crippen LogP contribution in [0.25, 0.3) is 0 Å². The molecule has 5 heteroatoms. The maximum absolute atomic E-state index is 10.6. The van der Waals surface area contributed by atoms with Gasteiger partial charge >= 0.3 is 0 Å². The van der Waals surface area contributed by atoms with Crippen molar-refractivity contribution in [2.24, 2.45) is 10.9 Å². The fraction of sp³-hybridized carbons (Fsp3) is 0.941. The summed E-state index contributed by atoms with van der Waals surface area (Å²) in [5.74, 6) is 1.57. The topological polar surface area (TPSA) is 65.9 Å². The molecule has 1 rings (SSSR count). The lowest BCUT2D eigenvalue weighted by Gasteiger charge is -2.26. The first-order chi connectivity index (χ1) is 10.6. The minimum absolute atomic E-state index is 0.451. The largest absolute Gasteiger partial charge is 0.388 e. The van der Waals surface area contributed by atoms with E-state index in [9.17, 15) is 5.11 Å². The lowest BCUT2D eigenvalue weighted by molar-refractivity contribution is 0.0306. The minimum atomic E-state index is -0.672. The Hall–Kier alpha value is -0.810. The number of guanidine groups is 1.